The minimum Gasteiger partial charge on any atom is -0.344 e. The Hall–Kier alpha value is -0.610. The summed E-state index contributed by atoms with van der Waals surface area (Å²) in [5.74, 6) is 0.0998. The normalized spacial score (nSPS) is 11.5. The van der Waals surface area contributed by atoms with Crippen LogP contribution in [0.2, 0.25) is 0 Å². The molecule has 78 valence electrons. The predicted octanol–water partition coefficient (Wildman–Crippen LogP) is -0.208. The van der Waals surface area contributed by atoms with Gasteiger partial charge in [0.25, 0.3) is 0 Å². The molecule has 4 heteroatoms. The quantitative estimate of drug-likeness (QED) is 0.626. The third-order valence-corrected chi connectivity index (χ3v) is 1.73. The molecule has 0 radical (unpaired) electrons. The number of nitrogens with one attached hydrogen (secondary N) is 1. The lowest BCUT2D eigenvalue weighted by Crippen LogP contribution is -2.41. The summed E-state index contributed by atoms with van der Waals surface area (Å²) in [7, 11) is 3.66. The van der Waals surface area contributed by atoms with Crippen LogP contribution in [0.25, 0.3) is 0 Å². The van der Waals surface area contributed by atoms with E-state index >= 15 is 0 Å². The topological polar surface area (TPSA) is 58.4 Å². The molecule has 0 atom stereocenters. The van der Waals surface area contributed by atoms with Crippen molar-refractivity contribution in [1.29, 1.82) is 0 Å². The fraction of sp³-hybridized carbons (Fsp3) is 0.889. The summed E-state index contributed by atoms with van der Waals surface area (Å²) < 4.78 is 0. The minimum absolute atomic E-state index is 0.0998. The van der Waals surface area contributed by atoms with E-state index in [1.54, 1.807) is 11.9 Å². The van der Waals surface area contributed by atoms with Gasteiger partial charge in [0.15, 0.2) is 0 Å². The molecular weight excluding hydrogens is 166 g/mol. The van der Waals surface area contributed by atoms with Crippen molar-refractivity contribution >= 4 is 5.91 Å². The van der Waals surface area contributed by atoms with Gasteiger partial charge in [-0.2, -0.15) is 0 Å². The summed E-state index contributed by atoms with van der Waals surface area (Å²) in [6, 6.07) is 0. The fourth-order valence-corrected chi connectivity index (χ4v) is 0.929. The van der Waals surface area contributed by atoms with Crippen molar-refractivity contribution in [2.45, 2.75) is 25.8 Å². The molecule has 13 heavy (non-hydrogen) atoms. The van der Waals surface area contributed by atoms with Crippen LogP contribution in [0.4, 0.5) is 0 Å². The molecular formula is C9H21N3O. The average molecular weight is 187 g/mol. The highest BCUT2D eigenvalue weighted by Crippen LogP contribution is 2.05. The maximum absolute atomic E-state index is 11.5. The first kappa shape index (κ1) is 12.4. The third-order valence-electron chi connectivity index (χ3n) is 1.73. The highest BCUT2D eigenvalue weighted by molar-refractivity contribution is 5.77. The van der Waals surface area contributed by atoms with Crippen LogP contribution in [0.1, 0.15) is 20.3 Å². The van der Waals surface area contributed by atoms with Gasteiger partial charge >= 0.3 is 0 Å². The van der Waals surface area contributed by atoms with Crippen molar-refractivity contribution in [3.63, 3.8) is 0 Å². The second-order valence-corrected chi connectivity index (χ2v) is 4.08. The van der Waals surface area contributed by atoms with Gasteiger partial charge in [-0.15, -0.1) is 0 Å². The molecule has 0 bridgehead atoms. The molecule has 0 aliphatic carbocycles. The van der Waals surface area contributed by atoms with Crippen LogP contribution < -0.4 is 11.1 Å². The highest BCUT2D eigenvalue weighted by Gasteiger charge is 2.18. The zero-order chi connectivity index (χ0) is 10.5. The van der Waals surface area contributed by atoms with Gasteiger partial charge < -0.3 is 16.0 Å². The summed E-state index contributed by atoms with van der Waals surface area (Å²) in [4.78, 5) is 13.2. The van der Waals surface area contributed by atoms with E-state index in [9.17, 15) is 4.79 Å². The van der Waals surface area contributed by atoms with Crippen molar-refractivity contribution < 1.29 is 4.79 Å². The molecule has 4 nitrogen and oxygen atoms in total. The van der Waals surface area contributed by atoms with Gasteiger partial charge in [0.1, 0.15) is 0 Å². The van der Waals surface area contributed by atoms with Crippen LogP contribution in [0.3, 0.4) is 0 Å². The van der Waals surface area contributed by atoms with Crippen molar-refractivity contribution in [3.8, 4) is 0 Å². The molecule has 0 aromatic carbocycles. The molecule has 0 aliphatic heterocycles. The van der Waals surface area contributed by atoms with E-state index in [1.165, 1.54) is 0 Å². The van der Waals surface area contributed by atoms with Crippen molar-refractivity contribution in [2.75, 3.05) is 27.2 Å². The first-order valence-electron chi connectivity index (χ1n) is 4.54. The second kappa shape index (κ2) is 5.19. The zero-order valence-corrected chi connectivity index (χ0v) is 9.05. The summed E-state index contributed by atoms with van der Waals surface area (Å²) in [5, 5.41) is 2.99. The van der Waals surface area contributed by atoms with Crippen LogP contribution >= 0.6 is 0 Å². The van der Waals surface area contributed by atoms with Gasteiger partial charge in [0, 0.05) is 32.1 Å². The number of amides is 1. The molecule has 0 aromatic rings. The lowest BCUT2D eigenvalue weighted by molar-refractivity contribution is -0.130. The Kier molecular flexibility index (Phi) is 4.95. The Morgan fingerprint density at radius 3 is 2.46 bits per heavy atom. The fourth-order valence-electron chi connectivity index (χ4n) is 0.929. The first-order chi connectivity index (χ1) is 5.87. The van der Waals surface area contributed by atoms with Crippen molar-refractivity contribution in [3.05, 3.63) is 0 Å². The zero-order valence-electron chi connectivity index (χ0n) is 9.05. The van der Waals surface area contributed by atoms with Crippen LogP contribution in [-0.2, 0) is 4.79 Å². The molecule has 0 rings (SSSR count). The van der Waals surface area contributed by atoms with Crippen molar-refractivity contribution in [2.24, 2.45) is 5.73 Å². The van der Waals surface area contributed by atoms with E-state index in [0.29, 0.717) is 6.42 Å². The summed E-state index contributed by atoms with van der Waals surface area (Å²) in [6.07, 6.45) is 0.396. The number of nitrogens with two attached hydrogens (primary N) is 1. The van der Waals surface area contributed by atoms with Gasteiger partial charge in [0.05, 0.1) is 0 Å². The molecule has 0 spiro atoms. The second-order valence-electron chi connectivity index (χ2n) is 4.08. The van der Waals surface area contributed by atoms with Gasteiger partial charge in [-0.3, -0.25) is 4.79 Å². The van der Waals surface area contributed by atoms with Crippen LogP contribution in [0, 0.1) is 0 Å². The molecule has 3 N–H and O–H groups in total. The number of hydrogen-bond donors (Lipinski definition) is 2. The van der Waals surface area contributed by atoms with Gasteiger partial charge in [0.2, 0.25) is 5.91 Å². The monoisotopic (exact) mass is 187 g/mol. The predicted molar refractivity (Wildman–Crippen MR) is 54.4 cm³/mol. The Labute approximate surface area is 80.5 Å². The highest BCUT2D eigenvalue weighted by atomic mass is 16.2. The number of hydrogen-bond acceptors (Lipinski definition) is 3. The van der Waals surface area contributed by atoms with E-state index in [-0.39, 0.29) is 5.91 Å². The lowest BCUT2D eigenvalue weighted by atomic mass is 10.0. The largest absolute Gasteiger partial charge is 0.344 e. The molecule has 0 saturated heterocycles. The third kappa shape index (κ3) is 6.54. The van der Waals surface area contributed by atoms with Gasteiger partial charge in [-0.05, 0) is 20.9 Å². The molecule has 0 heterocycles. The smallest absolute Gasteiger partial charge is 0.224 e. The molecule has 0 aromatic heterocycles. The number of carbonyl (C=O) groups excluding carboxylic acids is 1. The van der Waals surface area contributed by atoms with Crippen LogP contribution in [-0.4, -0.2) is 43.5 Å². The number of carbonyl (C=O) groups is 1. The summed E-state index contributed by atoms with van der Waals surface area (Å²) >= 11 is 0. The number of nitrogens with zero attached hydrogens (tertiary/aromatic N) is 1. The Bertz CT molecular complexity index is 163. The lowest BCUT2D eigenvalue weighted by Gasteiger charge is -2.23. The molecule has 1 amide bonds. The van der Waals surface area contributed by atoms with Gasteiger partial charge in [-0.25, -0.2) is 0 Å². The standard InChI is InChI=1S/C9H21N3O/c1-9(2,10)7-8(13)12(4)6-5-11-3/h11H,5-7,10H2,1-4H3. The molecule has 0 saturated carbocycles. The van der Waals surface area contributed by atoms with Crippen LogP contribution in [0.5, 0.6) is 0 Å². The van der Waals surface area contributed by atoms with Gasteiger partial charge in [-0.1, -0.05) is 0 Å². The number of likely N-dealkylation sites (N-methyl/N-ethyl adjacent to an activating group) is 2. The SMILES string of the molecule is CNCCN(C)C(=O)CC(C)(C)N. The molecule has 0 unspecified atom stereocenters. The molecule has 0 fully saturated rings. The Morgan fingerprint density at radius 2 is 2.08 bits per heavy atom. The molecule has 0 aliphatic rings. The van der Waals surface area contributed by atoms with E-state index in [0.717, 1.165) is 13.1 Å². The summed E-state index contributed by atoms with van der Waals surface area (Å²) in [5.41, 5.74) is 5.33. The Balaban J connectivity index is 3.83. The van der Waals surface area contributed by atoms with Crippen molar-refractivity contribution in [1.82, 2.24) is 10.2 Å². The van der Waals surface area contributed by atoms with E-state index in [4.69, 9.17) is 5.73 Å². The van der Waals surface area contributed by atoms with E-state index in [1.807, 2.05) is 20.9 Å². The van der Waals surface area contributed by atoms with E-state index in [2.05, 4.69) is 5.32 Å². The minimum atomic E-state index is -0.412. The van der Waals surface area contributed by atoms with E-state index < -0.39 is 5.54 Å². The maximum atomic E-state index is 11.5. The number of rotatable bonds is 5. The summed E-state index contributed by atoms with van der Waals surface area (Å²) in [6.45, 7) is 5.26. The maximum Gasteiger partial charge on any atom is 0.224 e. The average Bonchev–Trinajstić information content (AvgIpc) is 1.96. The Morgan fingerprint density at radius 1 is 1.54 bits per heavy atom. The first-order valence-corrected chi connectivity index (χ1v) is 4.54. The van der Waals surface area contributed by atoms with Crippen LogP contribution in [0.15, 0.2) is 0 Å².